The van der Waals surface area contributed by atoms with Crippen LogP contribution in [0.3, 0.4) is 0 Å². The molecule has 1 N–H and O–H groups in total. The van der Waals surface area contributed by atoms with Crippen molar-refractivity contribution in [1.29, 1.82) is 0 Å². The van der Waals surface area contributed by atoms with Gasteiger partial charge < -0.3 is 10.2 Å². The molecule has 0 aromatic carbocycles. The summed E-state index contributed by atoms with van der Waals surface area (Å²) >= 11 is 3.01. The Hall–Kier alpha value is -0.820. The average Bonchev–Trinajstić information content (AvgIpc) is 2.93. The van der Waals surface area contributed by atoms with Crippen LogP contribution in [0.1, 0.15) is 39.5 Å². The van der Waals surface area contributed by atoms with Gasteiger partial charge in [0, 0.05) is 19.1 Å². The first-order valence-electron chi connectivity index (χ1n) is 7.24. The van der Waals surface area contributed by atoms with Crippen LogP contribution >= 0.6 is 23.1 Å². The summed E-state index contributed by atoms with van der Waals surface area (Å²) in [5, 5.41) is 12.1. The molecule has 1 aliphatic heterocycles. The number of hydrogen-bond acceptors (Lipinski definition) is 6. The van der Waals surface area contributed by atoms with Gasteiger partial charge in [-0.25, -0.2) is 0 Å². The largest absolute Gasteiger partial charge is 0.360 e. The quantitative estimate of drug-likeness (QED) is 0.818. The third-order valence-electron chi connectivity index (χ3n) is 3.47. The predicted molar refractivity (Wildman–Crippen MR) is 84.4 cm³/mol. The van der Waals surface area contributed by atoms with Crippen LogP contribution in [0.2, 0.25) is 0 Å². The van der Waals surface area contributed by atoms with Crippen LogP contribution in [0.25, 0.3) is 0 Å². The molecule has 1 atom stereocenters. The summed E-state index contributed by atoms with van der Waals surface area (Å²) in [7, 11) is 0. The molecule has 0 unspecified atom stereocenters. The lowest BCUT2D eigenvalue weighted by atomic mass is 10.0. The van der Waals surface area contributed by atoms with E-state index >= 15 is 0 Å². The Labute approximate surface area is 128 Å². The molecule has 0 spiro atoms. The SMILES string of the molecule is CCNc1nnc(SCC(=O)N2CCCC[C@H]2CC)s1. The number of nitrogens with one attached hydrogen (secondary N) is 1. The fourth-order valence-corrected chi connectivity index (χ4v) is 4.16. The molecule has 2 rings (SSSR count). The van der Waals surface area contributed by atoms with E-state index in [9.17, 15) is 4.79 Å². The molecule has 1 aliphatic rings. The lowest BCUT2D eigenvalue weighted by Gasteiger charge is -2.35. The van der Waals surface area contributed by atoms with E-state index in [0.29, 0.717) is 11.8 Å². The summed E-state index contributed by atoms with van der Waals surface area (Å²) in [5.74, 6) is 0.707. The van der Waals surface area contributed by atoms with Crippen LogP contribution in [-0.2, 0) is 4.79 Å². The van der Waals surface area contributed by atoms with Gasteiger partial charge in [0.2, 0.25) is 11.0 Å². The summed E-state index contributed by atoms with van der Waals surface area (Å²) in [6.45, 7) is 5.94. The highest BCUT2D eigenvalue weighted by molar-refractivity contribution is 8.01. The second kappa shape index (κ2) is 7.83. The molecule has 2 heterocycles. The second-order valence-electron chi connectivity index (χ2n) is 4.84. The summed E-state index contributed by atoms with van der Waals surface area (Å²) in [6.07, 6.45) is 4.59. The van der Waals surface area contributed by atoms with Gasteiger partial charge in [-0.15, -0.1) is 10.2 Å². The van der Waals surface area contributed by atoms with Crippen molar-refractivity contribution in [3.8, 4) is 0 Å². The van der Waals surface area contributed by atoms with Crippen molar-refractivity contribution in [2.75, 3.05) is 24.2 Å². The van der Waals surface area contributed by atoms with Crippen molar-refractivity contribution in [2.24, 2.45) is 0 Å². The molecule has 1 amide bonds. The Kier molecular flexibility index (Phi) is 6.09. The third kappa shape index (κ3) is 4.09. The highest BCUT2D eigenvalue weighted by Crippen LogP contribution is 2.27. The second-order valence-corrected chi connectivity index (χ2v) is 7.04. The van der Waals surface area contributed by atoms with E-state index < -0.39 is 0 Å². The summed E-state index contributed by atoms with van der Waals surface area (Å²) < 4.78 is 0.861. The van der Waals surface area contributed by atoms with Gasteiger partial charge >= 0.3 is 0 Å². The Morgan fingerprint density at radius 2 is 2.30 bits per heavy atom. The molecular formula is C13H22N4OS2. The number of piperidine rings is 1. The number of amides is 1. The maximum Gasteiger partial charge on any atom is 0.233 e. The average molecular weight is 314 g/mol. The fraction of sp³-hybridized carbons (Fsp3) is 0.769. The molecule has 1 saturated heterocycles. The molecule has 1 aromatic heterocycles. The minimum atomic E-state index is 0.238. The number of carbonyl (C=O) groups is 1. The number of nitrogens with zero attached hydrogens (tertiary/aromatic N) is 3. The standard InChI is InChI=1S/C13H22N4OS2/c1-3-10-7-5-6-8-17(10)11(18)9-19-13-16-15-12(20-13)14-4-2/h10H,3-9H2,1-2H3,(H,14,15)/t10-/m1/s1. The van der Waals surface area contributed by atoms with Crippen molar-refractivity contribution in [3.63, 3.8) is 0 Å². The Bertz CT molecular complexity index is 438. The van der Waals surface area contributed by atoms with E-state index in [4.69, 9.17) is 0 Å². The Morgan fingerprint density at radius 1 is 1.45 bits per heavy atom. The van der Waals surface area contributed by atoms with Gasteiger partial charge in [-0.3, -0.25) is 4.79 Å². The van der Waals surface area contributed by atoms with Gasteiger partial charge in [0.25, 0.3) is 0 Å². The van der Waals surface area contributed by atoms with E-state index in [1.54, 1.807) is 0 Å². The molecule has 0 radical (unpaired) electrons. The first-order chi connectivity index (χ1) is 9.74. The highest BCUT2D eigenvalue weighted by Gasteiger charge is 2.25. The van der Waals surface area contributed by atoms with Crippen molar-refractivity contribution in [3.05, 3.63) is 0 Å². The molecule has 0 bridgehead atoms. The van der Waals surface area contributed by atoms with Crippen LogP contribution in [-0.4, -0.2) is 45.9 Å². The normalized spacial score (nSPS) is 19.1. The first-order valence-corrected chi connectivity index (χ1v) is 9.04. The first kappa shape index (κ1) is 15.6. The van der Waals surface area contributed by atoms with Crippen LogP contribution in [0, 0.1) is 0 Å². The molecule has 0 saturated carbocycles. The molecule has 1 fully saturated rings. The van der Waals surface area contributed by atoms with E-state index in [1.165, 1.54) is 29.5 Å². The number of carbonyl (C=O) groups excluding carboxylic acids is 1. The molecule has 20 heavy (non-hydrogen) atoms. The zero-order valence-electron chi connectivity index (χ0n) is 12.1. The van der Waals surface area contributed by atoms with Crippen LogP contribution < -0.4 is 5.32 Å². The van der Waals surface area contributed by atoms with E-state index in [0.717, 1.165) is 41.8 Å². The number of likely N-dealkylation sites (tertiary alicyclic amines) is 1. The maximum atomic E-state index is 12.3. The summed E-state index contributed by atoms with van der Waals surface area (Å²) in [6, 6.07) is 0.434. The predicted octanol–water partition coefficient (Wildman–Crippen LogP) is 2.85. The van der Waals surface area contributed by atoms with Crippen LogP contribution in [0.15, 0.2) is 4.34 Å². The van der Waals surface area contributed by atoms with Gasteiger partial charge in [0.05, 0.1) is 5.75 Å². The van der Waals surface area contributed by atoms with Gasteiger partial charge in [0.15, 0.2) is 4.34 Å². The smallest absolute Gasteiger partial charge is 0.233 e. The van der Waals surface area contributed by atoms with Crippen molar-refractivity contribution in [2.45, 2.75) is 49.9 Å². The van der Waals surface area contributed by atoms with Crippen molar-refractivity contribution < 1.29 is 4.79 Å². The lowest BCUT2D eigenvalue weighted by molar-refractivity contribution is -0.132. The van der Waals surface area contributed by atoms with E-state index in [-0.39, 0.29) is 5.91 Å². The minimum absolute atomic E-state index is 0.238. The molecule has 7 heteroatoms. The zero-order chi connectivity index (χ0) is 14.4. The van der Waals surface area contributed by atoms with E-state index in [2.05, 4.69) is 27.3 Å². The molecule has 0 aliphatic carbocycles. The van der Waals surface area contributed by atoms with E-state index in [1.807, 2.05) is 6.92 Å². The van der Waals surface area contributed by atoms with Crippen LogP contribution in [0.4, 0.5) is 5.13 Å². The highest BCUT2D eigenvalue weighted by atomic mass is 32.2. The maximum absolute atomic E-state index is 12.3. The number of aromatic nitrogens is 2. The van der Waals surface area contributed by atoms with Gasteiger partial charge in [-0.1, -0.05) is 30.0 Å². The third-order valence-corrected chi connectivity index (χ3v) is 5.47. The van der Waals surface area contributed by atoms with Gasteiger partial charge in [0.1, 0.15) is 0 Å². The lowest BCUT2D eigenvalue weighted by Crippen LogP contribution is -2.44. The molecule has 112 valence electrons. The number of anilines is 1. The molecular weight excluding hydrogens is 292 g/mol. The minimum Gasteiger partial charge on any atom is -0.360 e. The van der Waals surface area contributed by atoms with Gasteiger partial charge in [-0.05, 0) is 32.6 Å². The van der Waals surface area contributed by atoms with Crippen molar-refractivity contribution in [1.82, 2.24) is 15.1 Å². The molecule has 5 nitrogen and oxygen atoms in total. The zero-order valence-corrected chi connectivity index (χ0v) is 13.7. The van der Waals surface area contributed by atoms with Gasteiger partial charge in [-0.2, -0.15) is 0 Å². The fourth-order valence-electron chi connectivity index (χ4n) is 2.45. The summed E-state index contributed by atoms with van der Waals surface area (Å²) in [5.41, 5.74) is 0. The Balaban J connectivity index is 1.84. The monoisotopic (exact) mass is 314 g/mol. The van der Waals surface area contributed by atoms with Crippen molar-refractivity contribution >= 4 is 34.1 Å². The van der Waals surface area contributed by atoms with Crippen LogP contribution in [0.5, 0.6) is 0 Å². The number of rotatable bonds is 6. The Morgan fingerprint density at radius 3 is 3.05 bits per heavy atom. The summed E-state index contributed by atoms with van der Waals surface area (Å²) in [4.78, 5) is 14.4. The topological polar surface area (TPSA) is 58.1 Å². The molecule has 1 aromatic rings. The number of hydrogen-bond donors (Lipinski definition) is 1. The number of thioether (sulfide) groups is 1.